The van der Waals surface area contributed by atoms with Gasteiger partial charge in [-0.3, -0.25) is 0 Å². The molecule has 3 aliphatic carbocycles. The lowest BCUT2D eigenvalue weighted by Crippen LogP contribution is -2.60. The van der Waals surface area contributed by atoms with Crippen LogP contribution < -0.4 is 0 Å². The van der Waals surface area contributed by atoms with E-state index in [1.807, 2.05) is 6.92 Å². The largest absolute Gasteiger partial charge is 0.412 e. The van der Waals surface area contributed by atoms with Gasteiger partial charge in [-0.15, -0.1) is 0 Å². The van der Waals surface area contributed by atoms with Gasteiger partial charge in [0.15, 0.2) is 0 Å². The van der Waals surface area contributed by atoms with Crippen LogP contribution in [0.3, 0.4) is 0 Å². The average molecular weight is 172 g/mol. The molecule has 0 radical (unpaired) electrons. The van der Waals surface area contributed by atoms with E-state index < -0.39 is 0 Å². The lowest BCUT2D eigenvalue weighted by Gasteiger charge is -2.62. The number of hydrogen-bond acceptors (Lipinski definition) is 1. The molecule has 2 heteroatoms. The van der Waals surface area contributed by atoms with Crippen LogP contribution in [0.4, 0.5) is 0 Å². The molecule has 72 valence electrons. The third-order valence-electron chi connectivity index (χ3n) is 4.22. The van der Waals surface area contributed by atoms with E-state index in [9.17, 15) is 5.11 Å². The summed E-state index contributed by atoms with van der Waals surface area (Å²) in [7, 11) is 0. The molecule has 0 spiro atoms. The summed E-state index contributed by atoms with van der Waals surface area (Å²) in [6, 6.07) is 0. The van der Waals surface area contributed by atoms with E-state index >= 15 is 0 Å². The molecule has 0 aromatic rings. The van der Waals surface area contributed by atoms with Crippen molar-refractivity contribution in [2.75, 3.05) is 0 Å². The maximum absolute atomic E-state index is 10.0. The lowest BCUT2D eigenvalue weighted by molar-refractivity contribution is -0.192. The molecule has 3 unspecified atom stereocenters. The molecule has 3 rings (SSSR count). The molecule has 3 fully saturated rings. The van der Waals surface area contributed by atoms with Crippen LogP contribution in [0, 0.1) is 17.3 Å². The molecule has 0 heterocycles. The van der Waals surface area contributed by atoms with Gasteiger partial charge in [0.05, 0.1) is 5.60 Å². The highest BCUT2D eigenvalue weighted by atomic mass is 16.3. The van der Waals surface area contributed by atoms with E-state index in [2.05, 4.69) is 13.8 Å². The van der Waals surface area contributed by atoms with Crippen molar-refractivity contribution in [1.82, 2.24) is 0 Å². The molecule has 12 heavy (non-hydrogen) atoms. The average Bonchev–Trinajstić information content (AvgIpc) is 1.84. The maximum Gasteiger partial charge on any atom is 0.0653 e. The SMILES string of the molecule is CC1(O)CCC2CC1C2(C)C.O. The van der Waals surface area contributed by atoms with Gasteiger partial charge in [-0.2, -0.15) is 0 Å². The first-order valence-electron chi connectivity index (χ1n) is 4.67. The standard InChI is InChI=1S/C10H18O.H2O/c1-9(2)7-4-5-10(3,11)8(9)6-7;/h7-8,11H,4-6H2,1-3H3;1H2. The van der Waals surface area contributed by atoms with Gasteiger partial charge in [-0.1, -0.05) is 13.8 Å². The van der Waals surface area contributed by atoms with E-state index in [1.54, 1.807) is 0 Å². The van der Waals surface area contributed by atoms with Crippen LogP contribution in [-0.4, -0.2) is 16.2 Å². The Morgan fingerprint density at radius 2 is 1.83 bits per heavy atom. The van der Waals surface area contributed by atoms with Crippen LogP contribution in [-0.2, 0) is 0 Å². The highest BCUT2D eigenvalue weighted by Gasteiger charge is 2.58. The minimum absolute atomic E-state index is 0. The van der Waals surface area contributed by atoms with E-state index in [0.717, 1.165) is 12.3 Å². The smallest absolute Gasteiger partial charge is 0.0653 e. The molecule has 0 amide bonds. The molecule has 0 aliphatic heterocycles. The molecule has 2 nitrogen and oxygen atoms in total. The van der Waals surface area contributed by atoms with Gasteiger partial charge in [0.25, 0.3) is 0 Å². The van der Waals surface area contributed by atoms with Crippen molar-refractivity contribution in [3.8, 4) is 0 Å². The summed E-state index contributed by atoms with van der Waals surface area (Å²) in [6.07, 6.45) is 3.52. The van der Waals surface area contributed by atoms with Gasteiger partial charge in [0.1, 0.15) is 0 Å². The number of fused-ring (bicyclic) bond motifs is 2. The van der Waals surface area contributed by atoms with Crippen LogP contribution in [0.2, 0.25) is 0 Å². The fraction of sp³-hybridized carbons (Fsp3) is 1.00. The zero-order chi connectivity index (χ0) is 8.28. The fourth-order valence-electron chi connectivity index (χ4n) is 3.20. The Labute approximate surface area is 74.3 Å². The number of hydrogen-bond donors (Lipinski definition) is 1. The summed E-state index contributed by atoms with van der Waals surface area (Å²) >= 11 is 0. The summed E-state index contributed by atoms with van der Waals surface area (Å²) in [5.74, 6) is 1.46. The van der Waals surface area contributed by atoms with Gasteiger partial charge < -0.3 is 10.6 Å². The van der Waals surface area contributed by atoms with Crippen LogP contribution >= 0.6 is 0 Å². The molecule has 3 saturated carbocycles. The van der Waals surface area contributed by atoms with Crippen molar-refractivity contribution in [1.29, 1.82) is 0 Å². The van der Waals surface area contributed by atoms with Crippen molar-refractivity contribution < 1.29 is 10.6 Å². The first kappa shape index (κ1) is 10.0. The molecule has 0 aromatic heterocycles. The van der Waals surface area contributed by atoms with Gasteiger partial charge in [-0.05, 0) is 43.4 Å². The summed E-state index contributed by atoms with van der Waals surface area (Å²) in [6.45, 7) is 6.62. The molecule has 2 bridgehead atoms. The first-order chi connectivity index (χ1) is 4.94. The van der Waals surface area contributed by atoms with E-state index in [0.29, 0.717) is 11.3 Å². The fourth-order valence-corrected chi connectivity index (χ4v) is 3.20. The summed E-state index contributed by atoms with van der Waals surface area (Å²) < 4.78 is 0. The topological polar surface area (TPSA) is 51.7 Å². The summed E-state index contributed by atoms with van der Waals surface area (Å²) in [5.41, 5.74) is 0.0556. The number of rotatable bonds is 0. The first-order valence-corrected chi connectivity index (χ1v) is 4.67. The van der Waals surface area contributed by atoms with Crippen molar-refractivity contribution in [3.05, 3.63) is 0 Å². The lowest BCUT2D eigenvalue weighted by atomic mass is 9.44. The predicted molar refractivity (Wildman–Crippen MR) is 48.8 cm³/mol. The third-order valence-corrected chi connectivity index (χ3v) is 4.22. The van der Waals surface area contributed by atoms with Crippen molar-refractivity contribution in [3.63, 3.8) is 0 Å². The normalized spacial score (nSPS) is 49.0. The zero-order valence-electron chi connectivity index (χ0n) is 8.22. The predicted octanol–water partition coefficient (Wildman–Crippen LogP) is 1.37. The van der Waals surface area contributed by atoms with Crippen molar-refractivity contribution in [2.45, 2.75) is 45.6 Å². The summed E-state index contributed by atoms with van der Waals surface area (Å²) in [4.78, 5) is 0. The highest BCUT2D eigenvalue weighted by molar-refractivity contribution is 5.08. The van der Waals surface area contributed by atoms with Gasteiger partial charge in [0.2, 0.25) is 0 Å². The number of aliphatic hydroxyl groups is 1. The minimum Gasteiger partial charge on any atom is -0.412 e. The van der Waals surface area contributed by atoms with E-state index in [1.165, 1.54) is 12.8 Å². The van der Waals surface area contributed by atoms with Gasteiger partial charge in [-0.25, -0.2) is 0 Å². The second kappa shape index (κ2) is 2.46. The molecule has 3 atom stereocenters. The Bertz CT molecular complexity index is 174. The molecule has 3 N–H and O–H groups in total. The van der Waals surface area contributed by atoms with Crippen molar-refractivity contribution >= 4 is 0 Å². The summed E-state index contributed by atoms with van der Waals surface area (Å²) in [5, 5.41) is 10.0. The highest BCUT2D eigenvalue weighted by Crippen LogP contribution is 2.62. The second-order valence-electron chi connectivity index (χ2n) is 5.20. The molecule has 0 saturated heterocycles. The molecule has 3 aliphatic rings. The van der Waals surface area contributed by atoms with Crippen LogP contribution in [0.1, 0.15) is 40.0 Å². The Kier molecular flexibility index (Phi) is 2.05. The van der Waals surface area contributed by atoms with Crippen LogP contribution in [0.5, 0.6) is 0 Å². The van der Waals surface area contributed by atoms with E-state index in [-0.39, 0.29) is 11.1 Å². The Hall–Kier alpha value is -0.0800. The Morgan fingerprint density at radius 1 is 1.25 bits per heavy atom. The monoisotopic (exact) mass is 172 g/mol. The second-order valence-corrected chi connectivity index (χ2v) is 5.20. The Morgan fingerprint density at radius 3 is 2.08 bits per heavy atom. The molecular weight excluding hydrogens is 152 g/mol. The Balaban J connectivity index is 0.000000720. The third kappa shape index (κ3) is 1.01. The van der Waals surface area contributed by atoms with Gasteiger partial charge >= 0.3 is 0 Å². The van der Waals surface area contributed by atoms with Gasteiger partial charge in [0, 0.05) is 0 Å². The maximum atomic E-state index is 10.0. The quantitative estimate of drug-likeness (QED) is 0.589. The van der Waals surface area contributed by atoms with Crippen LogP contribution in [0.15, 0.2) is 0 Å². The molecular formula is C10H20O2. The zero-order valence-corrected chi connectivity index (χ0v) is 8.22. The molecule has 0 aromatic carbocycles. The van der Waals surface area contributed by atoms with Crippen molar-refractivity contribution in [2.24, 2.45) is 17.3 Å². The minimum atomic E-state index is -0.363. The van der Waals surface area contributed by atoms with Crippen LogP contribution in [0.25, 0.3) is 0 Å². The van der Waals surface area contributed by atoms with E-state index in [4.69, 9.17) is 0 Å².